The van der Waals surface area contributed by atoms with Crippen LogP contribution in [0.4, 0.5) is 46.5 Å². The Morgan fingerprint density at radius 3 is 2.06 bits per heavy atom. The van der Waals surface area contributed by atoms with Gasteiger partial charge in [0.25, 0.3) is 0 Å². The average Bonchev–Trinajstić information content (AvgIpc) is 2.78. The number of fused-ring (bicyclic) bond motifs is 1. The molecule has 176 valence electrons. The maximum absolute atomic E-state index is 14.7. The number of carboxylic acids is 1. The summed E-state index contributed by atoms with van der Waals surface area (Å²) in [5.74, 6) is -18.5. The van der Waals surface area contributed by atoms with Crippen LogP contribution >= 0.6 is 0 Å². The van der Waals surface area contributed by atoms with Gasteiger partial charge in [-0.25, -0.2) is 31.1 Å². The van der Waals surface area contributed by atoms with Crippen molar-refractivity contribution in [2.45, 2.75) is 6.11 Å². The summed E-state index contributed by atoms with van der Waals surface area (Å²) in [5, 5.41) is 9.13. The van der Waals surface area contributed by atoms with Crippen LogP contribution < -0.4 is 9.64 Å². The number of rotatable bonds is 3. The Bertz CT molecular complexity index is 1360. The molecule has 0 saturated carbocycles. The van der Waals surface area contributed by atoms with Crippen molar-refractivity contribution < 1.29 is 54.6 Å². The van der Waals surface area contributed by atoms with Crippen LogP contribution in [0.2, 0.25) is 0 Å². The molecular weight excluding hydrogens is 482 g/mol. The Labute approximate surface area is 183 Å². The van der Waals surface area contributed by atoms with E-state index < -0.39 is 86.7 Å². The lowest BCUT2D eigenvalue weighted by molar-refractivity contribution is -0.191. The zero-order valence-electron chi connectivity index (χ0n) is 16.1. The van der Waals surface area contributed by atoms with Crippen molar-refractivity contribution in [2.24, 2.45) is 0 Å². The molecule has 0 bridgehead atoms. The number of hydrogen-bond donors (Lipinski definition) is 1. The molecule has 13 heteroatoms. The molecule has 1 aliphatic heterocycles. The highest BCUT2D eigenvalue weighted by molar-refractivity contribution is 6.08. The SMILES string of the molecule is O=C(O)c1cccc(N2C(=O)C(F)(F)Oc3cc(F)c(-c4c(F)c(F)c(F)c(F)c4F)cc32)c1. The van der Waals surface area contributed by atoms with Crippen LogP contribution in [-0.4, -0.2) is 23.1 Å². The molecule has 0 fully saturated rings. The molecule has 34 heavy (non-hydrogen) atoms. The third kappa shape index (κ3) is 3.40. The Morgan fingerprint density at radius 1 is 0.882 bits per heavy atom. The van der Waals surface area contributed by atoms with Crippen LogP contribution in [0.3, 0.4) is 0 Å². The monoisotopic (exact) mass is 489 g/mol. The van der Waals surface area contributed by atoms with Gasteiger partial charge < -0.3 is 9.84 Å². The van der Waals surface area contributed by atoms with Crippen LogP contribution in [0.15, 0.2) is 36.4 Å². The summed E-state index contributed by atoms with van der Waals surface area (Å²) in [4.78, 5) is 23.8. The van der Waals surface area contributed by atoms with Crippen LogP contribution in [0, 0.1) is 34.9 Å². The Balaban J connectivity index is 2.02. The summed E-state index contributed by atoms with van der Waals surface area (Å²) in [6.45, 7) is 0. The zero-order valence-corrected chi connectivity index (χ0v) is 16.1. The van der Waals surface area contributed by atoms with Crippen LogP contribution in [0.1, 0.15) is 10.4 Å². The van der Waals surface area contributed by atoms with Crippen LogP contribution in [0.25, 0.3) is 11.1 Å². The number of amides is 1. The first kappa shape index (κ1) is 23.0. The number of halogens is 8. The van der Waals surface area contributed by atoms with E-state index >= 15 is 0 Å². The van der Waals surface area contributed by atoms with Crippen molar-refractivity contribution >= 4 is 23.3 Å². The summed E-state index contributed by atoms with van der Waals surface area (Å²) < 4.78 is 116. The summed E-state index contributed by atoms with van der Waals surface area (Å²) in [6, 6.07) is 4.46. The largest absolute Gasteiger partial charge is 0.483 e. The molecule has 1 amide bonds. The number of carbonyl (C=O) groups is 2. The fourth-order valence-corrected chi connectivity index (χ4v) is 3.29. The topological polar surface area (TPSA) is 66.8 Å². The van der Waals surface area contributed by atoms with Gasteiger partial charge in [-0.2, -0.15) is 8.78 Å². The molecule has 0 unspecified atom stereocenters. The minimum atomic E-state index is -4.58. The molecule has 3 aromatic rings. The van der Waals surface area contributed by atoms with Gasteiger partial charge >= 0.3 is 18.0 Å². The quantitative estimate of drug-likeness (QED) is 0.298. The predicted molar refractivity (Wildman–Crippen MR) is 97.7 cm³/mol. The fourth-order valence-electron chi connectivity index (χ4n) is 3.29. The Hall–Kier alpha value is -4.16. The molecule has 3 aromatic carbocycles. The molecule has 0 aromatic heterocycles. The van der Waals surface area contributed by atoms with E-state index in [0.29, 0.717) is 6.07 Å². The molecule has 0 atom stereocenters. The second-order valence-electron chi connectivity index (χ2n) is 6.86. The van der Waals surface area contributed by atoms with E-state index in [9.17, 15) is 44.7 Å². The van der Waals surface area contributed by atoms with Gasteiger partial charge in [0.1, 0.15) is 5.82 Å². The smallest absolute Gasteiger partial charge is 0.478 e. The maximum Gasteiger partial charge on any atom is 0.483 e. The molecule has 0 radical (unpaired) electrons. The number of carboxylic acid groups (broad SMARTS) is 1. The third-order valence-corrected chi connectivity index (χ3v) is 4.81. The normalized spacial score (nSPS) is 14.6. The first-order chi connectivity index (χ1) is 15.8. The number of anilines is 2. The predicted octanol–water partition coefficient (Wildman–Crippen LogP) is 5.54. The van der Waals surface area contributed by atoms with Gasteiger partial charge in [0.05, 0.1) is 22.5 Å². The van der Waals surface area contributed by atoms with E-state index in [-0.39, 0.29) is 11.0 Å². The molecule has 0 spiro atoms. The third-order valence-electron chi connectivity index (χ3n) is 4.81. The first-order valence-corrected chi connectivity index (χ1v) is 8.95. The van der Waals surface area contributed by atoms with Crippen molar-refractivity contribution in [1.82, 2.24) is 0 Å². The molecule has 0 aliphatic carbocycles. The lowest BCUT2D eigenvalue weighted by atomic mass is 10.00. The average molecular weight is 489 g/mol. The number of hydrogen-bond acceptors (Lipinski definition) is 3. The first-order valence-electron chi connectivity index (χ1n) is 8.95. The van der Waals surface area contributed by atoms with Crippen molar-refractivity contribution in [2.75, 3.05) is 4.90 Å². The van der Waals surface area contributed by atoms with E-state index in [1.165, 1.54) is 0 Å². The molecule has 0 saturated heterocycles. The van der Waals surface area contributed by atoms with Gasteiger partial charge in [0, 0.05) is 11.6 Å². The zero-order chi connectivity index (χ0) is 25.1. The molecule has 1 N–H and O–H groups in total. The molecule has 1 heterocycles. The highest BCUT2D eigenvalue weighted by Crippen LogP contribution is 2.47. The van der Waals surface area contributed by atoms with Gasteiger partial charge in [-0.05, 0) is 24.3 Å². The molecule has 4 rings (SSSR count). The van der Waals surface area contributed by atoms with Gasteiger partial charge in [-0.3, -0.25) is 9.69 Å². The highest BCUT2D eigenvalue weighted by Gasteiger charge is 2.51. The lowest BCUT2D eigenvalue weighted by Crippen LogP contribution is -2.48. The van der Waals surface area contributed by atoms with Gasteiger partial charge in [0.15, 0.2) is 29.0 Å². The standard InChI is InChI=1S/C21H7F8NO4/c22-10-6-12-11(5-9(10)13-14(23)16(25)18(27)17(26)15(13)24)30(20(33)21(28,29)34-12)8-3-1-2-7(4-8)19(31)32/h1-6H,(H,31,32). The lowest BCUT2D eigenvalue weighted by Gasteiger charge is -2.34. The second-order valence-corrected chi connectivity index (χ2v) is 6.86. The number of benzene rings is 3. The van der Waals surface area contributed by atoms with Gasteiger partial charge in [0.2, 0.25) is 5.82 Å². The second kappa shape index (κ2) is 7.71. The number of carbonyl (C=O) groups excluding carboxylic acids is 1. The van der Waals surface area contributed by atoms with Crippen molar-refractivity contribution in [3.05, 3.63) is 76.9 Å². The molecule has 1 aliphatic rings. The van der Waals surface area contributed by atoms with E-state index in [0.717, 1.165) is 24.3 Å². The van der Waals surface area contributed by atoms with Gasteiger partial charge in [-0.1, -0.05) is 6.07 Å². The maximum atomic E-state index is 14.7. The van der Waals surface area contributed by atoms with Crippen LogP contribution in [0.5, 0.6) is 5.75 Å². The minimum Gasteiger partial charge on any atom is -0.478 e. The minimum absolute atomic E-state index is 0.164. The van der Waals surface area contributed by atoms with E-state index in [4.69, 9.17) is 5.11 Å². The number of ether oxygens (including phenoxy) is 1. The van der Waals surface area contributed by atoms with Crippen molar-refractivity contribution in [1.29, 1.82) is 0 Å². The molecular formula is C21H7F8NO4. The molecule has 5 nitrogen and oxygen atoms in total. The fraction of sp³-hybridized carbons (Fsp3) is 0.0476. The van der Waals surface area contributed by atoms with E-state index in [1.807, 2.05) is 0 Å². The van der Waals surface area contributed by atoms with Crippen molar-refractivity contribution in [3.8, 4) is 16.9 Å². The van der Waals surface area contributed by atoms with E-state index in [2.05, 4.69) is 4.74 Å². The van der Waals surface area contributed by atoms with Gasteiger partial charge in [-0.15, -0.1) is 0 Å². The summed E-state index contributed by atoms with van der Waals surface area (Å²) in [7, 11) is 0. The van der Waals surface area contributed by atoms with Crippen LogP contribution in [-0.2, 0) is 4.79 Å². The highest BCUT2D eigenvalue weighted by atomic mass is 19.3. The van der Waals surface area contributed by atoms with Crippen molar-refractivity contribution in [3.63, 3.8) is 0 Å². The Morgan fingerprint density at radius 2 is 1.47 bits per heavy atom. The summed E-state index contributed by atoms with van der Waals surface area (Å²) in [5.41, 5.74) is -4.72. The summed E-state index contributed by atoms with van der Waals surface area (Å²) in [6.07, 6.45) is -4.58. The number of aromatic carboxylic acids is 1. The number of nitrogens with zero attached hydrogens (tertiary/aromatic N) is 1. The van der Waals surface area contributed by atoms with E-state index in [1.54, 1.807) is 0 Å². The number of alkyl halides is 2. The Kier molecular flexibility index (Phi) is 5.22. The summed E-state index contributed by atoms with van der Waals surface area (Å²) >= 11 is 0.